The third-order valence-corrected chi connectivity index (χ3v) is 4.18. The molecule has 1 saturated heterocycles. The molecular weight excluding hydrogens is 172 g/mol. The second-order valence-electron chi connectivity index (χ2n) is 5.24. The molecule has 2 fully saturated rings. The van der Waals surface area contributed by atoms with Crippen LogP contribution in [-0.4, -0.2) is 30.6 Å². The minimum Gasteiger partial charge on any atom is -0.326 e. The van der Waals surface area contributed by atoms with Crippen molar-refractivity contribution < 1.29 is 0 Å². The van der Waals surface area contributed by atoms with Crippen molar-refractivity contribution in [3.8, 4) is 0 Å². The second kappa shape index (κ2) is 4.63. The average molecular weight is 196 g/mol. The lowest BCUT2D eigenvalue weighted by Gasteiger charge is -2.29. The van der Waals surface area contributed by atoms with E-state index in [0.717, 1.165) is 5.92 Å². The van der Waals surface area contributed by atoms with Gasteiger partial charge in [0.25, 0.3) is 0 Å². The molecule has 1 aliphatic carbocycles. The summed E-state index contributed by atoms with van der Waals surface area (Å²) < 4.78 is 0. The van der Waals surface area contributed by atoms with E-state index in [1.165, 1.54) is 51.5 Å². The summed E-state index contributed by atoms with van der Waals surface area (Å²) in [5, 5.41) is 0. The van der Waals surface area contributed by atoms with Gasteiger partial charge in [-0.15, -0.1) is 0 Å². The molecule has 2 rings (SSSR count). The van der Waals surface area contributed by atoms with Gasteiger partial charge in [-0.1, -0.05) is 32.1 Å². The lowest BCUT2D eigenvalue weighted by Crippen LogP contribution is -2.39. The molecule has 14 heavy (non-hydrogen) atoms. The van der Waals surface area contributed by atoms with Crippen LogP contribution in [0.4, 0.5) is 0 Å². The quantitative estimate of drug-likeness (QED) is 0.732. The fourth-order valence-electron chi connectivity index (χ4n) is 3.16. The minimum absolute atomic E-state index is 0.446. The molecular formula is C12H24N2. The zero-order chi connectivity index (χ0) is 9.97. The van der Waals surface area contributed by atoms with Gasteiger partial charge in [-0.3, -0.25) is 0 Å². The predicted octanol–water partition coefficient (Wildman–Crippen LogP) is 1.99. The molecule has 0 radical (unpaired) electrons. The lowest BCUT2D eigenvalue weighted by atomic mass is 9.83. The number of hydrogen-bond acceptors (Lipinski definition) is 2. The summed E-state index contributed by atoms with van der Waals surface area (Å²) in [5.41, 5.74) is 6.14. The standard InChI is InChI=1S/C12H24N2/c1-14-8-7-11(13)12(14)9-10-5-3-2-4-6-10/h10-12H,2-9,13H2,1H3. The Morgan fingerprint density at radius 2 is 1.86 bits per heavy atom. The lowest BCUT2D eigenvalue weighted by molar-refractivity contribution is 0.220. The molecule has 2 heteroatoms. The Morgan fingerprint density at radius 1 is 1.14 bits per heavy atom. The molecule has 82 valence electrons. The molecule has 0 amide bonds. The Morgan fingerprint density at radius 3 is 2.43 bits per heavy atom. The summed E-state index contributed by atoms with van der Waals surface area (Å²) in [4.78, 5) is 2.47. The molecule has 2 N–H and O–H groups in total. The Bertz CT molecular complexity index is 165. The summed E-state index contributed by atoms with van der Waals surface area (Å²) >= 11 is 0. The number of nitrogens with two attached hydrogens (primary N) is 1. The van der Waals surface area contributed by atoms with Crippen LogP contribution in [0, 0.1) is 5.92 Å². The van der Waals surface area contributed by atoms with E-state index in [2.05, 4.69) is 11.9 Å². The first-order chi connectivity index (χ1) is 6.77. The van der Waals surface area contributed by atoms with Crippen LogP contribution in [0.2, 0.25) is 0 Å². The summed E-state index contributed by atoms with van der Waals surface area (Å²) in [5.74, 6) is 0.973. The Balaban J connectivity index is 1.82. The molecule has 0 spiro atoms. The number of rotatable bonds is 2. The van der Waals surface area contributed by atoms with Crippen LogP contribution in [0.25, 0.3) is 0 Å². The molecule has 0 aromatic heterocycles. The third kappa shape index (κ3) is 2.29. The number of nitrogens with zero attached hydrogens (tertiary/aromatic N) is 1. The van der Waals surface area contributed by atoms with Crippen LogP contribution in [0.3, 0.4) is 0 Å². The molecule has 2 unspecified atom stereocenters. The van der Waals surface area contributed by atoms with E-state index in [1.54, 1.807) is 0 Å². The van der Waals surface area contributed by atoms with Gasteiger partial charge in [-0.2, -0.15) is 0 Å². The summed E-state index contributed by atoms with van der Waals surface area (Å²) in [6.07, 6.45) is 9.84. The highest BCUT2D eigenvalue weighted by Gasteiger charge is 2.31. The number of hydrogen-bond donors (Lipinski definition) is 1. The largest absolute Gasteiger partial charge is 0.326 e. The van der Waals surface area contributed by atoms with E-state index in [1.807, 2.05) is 0 Å². The van der Waals surface area contributed by atoms with Crippen LogP contribution in [0.15, 0.2) is 0 Å². The van der Waals surface area contributed by atoms with Crippen LogP contribution >= 0.6 is 0 Å². The van der Waals surface area contributed by atoms with Crippen molar-refractivity contribution in [2.75, 3.05) is 13.6 Å². The summed E-state index contributed by atoms with van der Waals surface area (Å²) in [6, 6.07) is 1.13. The van der Waals surface area contributed by atoms with Crippen molar-refractivity contribution >= 4 is 0 Å². The van der Waals surface area contributed by atoms with Gasteiger partial charge in [0.05, 0.1) is 0 Å². The van der Waals surface area contributed by atoms with E-state index in [9.17, 15) is 0 Å². The Kier molecular flexibility index (Phi) is 3.45. The zero-order valence-electron chi connectivity index (χ0n) is 9.41. The normalized spacial score (nSPS) is 36.4. The molecule has 2 nitrogen and oxygen atoms in total. The van der Waals surface area contributed by atoms with Crippen LogP contribution in [0.1, 0.15) is 44.9 Å². The topological polar surface area (TPSA) is 29.3 Å². The number of likely N-dealkylation sites (N-methyl/N-ethyl adjacent to an activating group) is 1. The molecule has 0 aromatic rings. The Labute approximate surface area is 87.8 Å². The summed E-state index contributed by atoms with van der Waals surface area (Å²) in [7, 11) is 2.24. The highest BCUT2D eigenvalue weighted by Crippen LogP contribution is 2.30. The van der Waals surface area contributed by atoms with E-state index in [-0.39, 0.29) is 0 Å². The average Bonchev–Trinajstić information content (AvgIpc) is 2.51. The van der Waals surface area contributed by atoms with Crippen LogP contribution in [-0.2, 0) is 0 Å². The maximum atomic E-state index is 6.14. The second-order valence-corrected chi connectivity index (χ2v) is 5.24. The minimum atomic E-state index is 0.446. The maximum absolute atomic E-state index is 6.14. The van der Waals surface area contributed by atoms with Crippen molar-refractivity contribution in [3.63, 3.8) is 0 Å². The van der Waals surface area contributed by atoms with Crippen molar-refractivity contribution in [1.29, 1.82) is 0 Å². The molecule has 2 atom stereocenters. The smallest absolute Gasteiger partial charge is 0.0247 e. The van der Waals surface area contributed by atoms with Crippen LogP contribution < -0.4 is 5.73 Å². The van der Waals surface area contributed by atoms with Gasteiger partial charge in [-0.05, 0) is 32.4 Å². The third-order valence-electron chi connectivity index (χ3n) is 4.18. The van der Waals surface area contributed by atoms with Gasteiger partial charge >= 0.3 is 0 Å². The fraction of sp³-hybridized carbons (Fsp3) is 1.00. The maximum Gasteiger partial charge on any atom is 0.0247 e. The first-order valence-corrected chi connectivity index (χ1v) is 6.23. The van der Waals surface area contributed by atoms with Crippen molar-refractivity contribution in [2.24, 2.45) is 11.7 Å². The van der Waals surface area contributed by atoms with Gasteiger partial charge in [0.2, 0.25) is 0 Å². The highest BCUT2D eigenvalue weighted by atomic mass is 15.2. The predicted molar refractivity (Wildman–Crippen MR) is 60.2 cm³/mol. The van der Waals surface area contributed by atoms with E-state index in [4.69, 9.17) is 5.73 Å². The first-order valence-electron chi connectivity index (χ1n) is 6.23. The van der Waals surface area contributed by atoms with Gasteiger partial charge in [-0.25, -0.2) is 0 Å². The van der Waals surface area contributed by atoms with Crippen molar-refractivity contribution in [1.82, 2.24) is 4.90 Å². The summed E-state index contributed by atoms with van der Waals surface area (Å²) in [6.45, 7) is 1.21. The van der Waals surface area contributed by atoms with E-state index in [0.29, 0.717) is 12.1 Å². The van der Waals surface area contributed by atoms with Crippen LogP contribution in [0.5, 0.6) is 0 Å². The van der Waals surface area contributed by atoms with Gasteiger partial charge in [0, 0.05) is 12.1 Å². The monoisotopic (exact) mass is 196 g/mol. The van der Waals surface area contributed by atoms with E-state index < -0.39 is 0 Å². The van der Waals surface area contributed by atoms with E-state index >= 15 is 0 Å². The SMILES string of the molecule is CN1CCC(N)C1CC1CCCCC1. The first kappa shape index (κ1) is 10.4. The van der Waals surface area contributed by atoms with Crippen molar-refractivity contribution in [2.45, 2.75) is 57.0 Å². The fourth-order valence-corrected chi connectivity index (χ4v) is 3.16. The highest BCUT2D eigenvalue weighted by molar-refractivity contribution is 4.89. The Hall–Kier alpha value is -0.0800. The van der Waals surface area contributed by atoms with Gasteiger partial charge in [0.1, 0.15) is 0 Å². The molecule has 2 aliphatic rings. The molecule has 1 saturated carbocycles. The molecule has 0 bridgehead atoms. The van der Waals surface area contributed by atoms with Gasteiger partial charge < -0.3 is 10.6 Å². The molecule has 0 aromatic carbocycles. The molecule has 1 aliphatic heterocycles. The number of likely N-dealkylation sites (tertiary alicyclic amines) is 1. The van der Waals surface area contributed by atoms with Gasteiger partial charge in [0.15, 0.2) is 0 Å². The zero-order valence-corrected chi connectivity index (χ0v) is 9.41. The molecule has 1 heterocycles. The van der Waals surface area contributed by atoms with Crippen molar-refractivity contribution in [3.05, 3.63) is 0 Å².